The number of halogens is 2. The van der Waals surface area contributed by atoms with Crippen LogP contribution in [0.4, 0.5) is 4.39 Å². The summed E-state index contributed by atoms with van der Waals surface area (Å²) >= 11 is 3.49. The molecular weight excluding hydrogens is 331 g/mol. The van der Waals surface area contributed by atoms with Crippen molar-refractivity contribution in [3.63, 3.8) is 0 Å². The van der Waals surface area contributed by atoms with E-state index in [1.807, 2.05) is 6.07 Å². The molecule has 0 aromatic heterocycles. The van der Waals surface area contributed by atoms with Crippen molar-refractivity contribution in [1.29, 1.82) is 0 Å². The first-order valence-corrected chi connectivity index (χ1v) is 8.66. The van der Waals surface area contributed by atoms with Crippen LogP contribution in [0.3, 0.4) is 0 Å². The number of nitrogens with one attached hydrogen (secondary N) is 1. The van der Waals surface area contributed by atoms with Crippen LogP contribution in [-0.4, -0.2) is 31.1 Å². The van der Waals surface area contributed by atoms with E-state index >= 15 is 0 Å². The Balaban J connectivity index is 2.47. The Morgan fingerprint density at radius 1 is 1.29 bits per heavy atom. The van der Waals surface area contributed by atoms with E-state index in [0.29, 0.717) is 0 Å². The van der Waals surface area contributed by atoms with Gasteiger partial charge in [-0.15, -0.1) is 0 Å². The molecule has 21 heavy (non-hydrogen) atoms. The molecule has 1 aliphatic rings. The van der Waals surface area contributed by atoms with Crippen molar-refractivity contribution >= 4 is 15.9 Å². The summed E-state index contributed by atoms with van der Waals surface area (Å²) in [4.78, 5) is 2.31. The average Bonchev–Trinajstić information content (AvgIpc) is 2.48. The number of rotatable bonds is 5. The molecule has 1 saturated carbocycles. The fraction of sp³-hybridized carbons (Fsp3) is 0.647. The van der Waals surface area contributed by atoms with Crippen LogP contribution in [0.1, 0.15) is 50.6 Å². The number of nitrogens with zero attached hydrogens (tertiary/aromatic N) is 1. The zero-order valence-corrected chi connectivity index (χ0v) is 14.8. The Kier molecular flexibility index (Phi) is 5.81. The van der Waals surface area contributed by atoms with E-state index in [4.69, 9.17) is 0 Å². The maximum absolute atomic E-state index is 14.5. The van der Waals surface area contributed by atoms with Gasteiger partial charge in [0, 0.05) is 15.6 Å². The van der Waals surface area contributed by atoms with Gasteiger partial charge in [-0.05, 0) is 51.7 Å². The maximum Gasteiger partial charge on any atom is 0.128 e. The molecule has 118 valence electrons. The second-order valence-electron chi connectivity index (χ2n) is 6.22. The minimum atomic E-state index is -0.115. The Bertz CT molecular complexity index is 470. The fourth-order valence-corrected chi connectivity index (χ4v) is 4.07. The van der Waals surface area contributed by atoms with Gasteiger partial charge in [0.1, 0.15) is 5.82 Å². The van der Waals surface area contributed by atoms with Gasteiger partial charge in [0.05, 0.1) is 6.04 Å². The van der Waals surface area contributed by atoms with Crippen molar-refractivity contribution < 1.29 is 4.39 Å². The average molecular weight is 357 g/mol. The minimum Gasteiger partial charge on any atom is -0.309 e. The van der Waals surface area contributed by atoms with E-state index in [-0.39, 0.29) is 17.4 Å². The van der Waals surface area contributed by atoms with E-state index < -0.39 is 0 Å². The Morgan fingerprint density at radius 3 is 2.52 bits per heavy atom. The molecular formula is C17H26BrFN2. The van der Waals surface area contributed by atoms with Gasteiger partial charge in [-0.3, -0.25) is 0 Å². The van der Waals surface area contributed by atoms with Gasteiger partial charge in [0.25, 0.3) is 0 Å². The van der Waals surface area contributed by atoms with E-state index in [9.17, 15) is 4.39 Å². The van der Waals surface area contributed by atoms with Crippen LogP contribution in [0.15, 0.2) is 22.7 Å². The monoisotopic (exact) mass is 356 g/mol. The van der Waals surface area contributed by atoms with Crippen LogP contribution < -0.4 is 5.32 Å². The molecule has 0 spiro atoms. The molecule has 0 bridgehead atoms. The van der Waals surface area contributed by atoms with E-state index in [1.165, 1.54) is 19.3 Å². The largest absolute Gasteiger partial charge is 0.309 e. The van der Waals surface area contributed by atoms with Crippen molar-refractivity contribution in [2.45, 2.75) is 50.6 Å². The van der Waals surface area contributed by atoms with Gasteiger partial charge in [-0.2, -0.15) is 0 Å². The smallest absolute Gasteiger partial charge is 0.128 e. The van der Waals surface area contributed by atoms with Gasteiger partial charge in [0.2, 0.25) is 0 Å². The van der Waals surface area contributed by atoms with Gasteiger partial charge in [-0.25, -0.2) is 4.39 Å². The summed E-state index contributed by atoms with van der Waals surface area (Å²) in [6.45, 7) is 2.93. The molecule has 0 radical (unpaired) electrons. The normalized spacial score (nSPS) is 19.7. The van der Waals surface area contributed by atoms with Crippen molar-refractivity contribution in [1.82, 2.24) is 10.2 Å². The van der Waals surface area contributed by atoms with Crippen molar-refractivity contribution in [3.05, 3.63) is 34.1 Å². The minimum absolute atomic E-state index is 0.00407. The van der Waals surface area contributed by atoms with Crippen LogP contribution in [0.25, 0.3) is 0 Å². The molecule has 0 amide bonds. The molecule has 1 unspecified atom stereocenters. The third-order valence-electron chi connectivity index (χ3n) is 4.82. The predicted octanol–water partition coefficient (Wildman–Crippen LogP) is 4.50. The molecule has 0 heterocycles. The maximum atomic E-state index is 14.5. The fourth-order valence-electron chi connectivity index (χ4n) is 3.69. The molecule has 1 fully saturated rings. The lowest BCUT2D eigenvalue weighted by Crippen LogP contribution is -2.55. The molecule has 1 aliphatic carbocycles. The van der Waals surface area contributed by atoms with Gasteiger partial charge < -0.3 is 10.2 Å². The van der Waals surface area contributed by atoms with Crippen molar-refractivity contribution in [3.8, 4) is 0 Å². The summed E-state index contributed by atoms with van der Waals surface area (Å²) in [6.07, 6.45) is 5.95. The topological polar surface area (TPSA) is 15.3 Å². The summed E-state index contributed by atoms with van der Waals surface area (Å²) in [5, 5.41) is 3.56. The summed E-state index contributed by atoms with van der Waals surface area (Å²) in [7, 11) is 4.26. The number of likely N-dealkylation sites (N-methyl/N-ethyl adjacent to an activating group) is 2. The van der Waals surface area contributed by atoms with Crippen LogP contribution in [0, 0.1) is 5.82 Å². The molecule has 1 aromatic carbocycles. The lowest BCUT2D eigenvalue weighted by molar-refractivity contribution is 0.0556. The Morgan fingerprint density at radius 2 is 1.95 bits per heavy atom. The third-order valence-corrected chi connectivity index (χ3v) is 5.32. The highest BCUT2D eigenvalue weighted by Crippen LogP contribution is 2.43. The Labute approximate surface area is 136 Å². The highest BCUT2D eigenvalue weighted by atomic mass is 79.9. The first-order valence-electron chi connectivity index (χ1n) is 7.87. The second kappa shape index (κ2) is 7.21. The van der Waals surface area contributed by atoms with E-state index in [1.54, 1.807) is 12.1 Å². The summed E-state index contributed by atoms with van der Waals surface area (Å²) in [5.74, 6) is -0.115. The first-order chi connectivity index (χ1) is 10.0. The zero-order valence-electron chi connectivity index (χ0n) is 13.3. The number of hydrogen-bond acceptors (Lipinski definition) is 2. The molecule has 0 saturated heterocycles. The molecule has 1 aromatic rings. The third kappa shape index (κ3) is 3.49. The highest BCUT2D eigenvalue weighted by molar-refractivity contribution is 9.10. The van der Waals surface area contributed by atoms with Gasteiger partial charge >= 0.3 is 0 Å². The van der Waals surface area contributed by atoms with Crippen LogP contribution in [0.5, 0.6) is 0 Å². The lowest BCUT2D eigenvalue weighted by atomic mass is 9.73. The molecule has 1 atom stereocenters. The summed E-state index contributed by atoms with van der Waals surface area (Å²) < 4.78 is 15.4. The Hall–Kier alpha value is -0.450. The summed E-state index contributed by atoms with van der Waals surface area (Å²) in [5.41, 5.74) is 0.775. The van der Waals surface area contributed by atoms with Crippen LogP contribution in [0.2, 0.25) is 0 Å². The molecule has 2 nitrogen and oxygen atoms in total. The van der Waals surface area contributed by atoms with Crippen LogP contribution in [-0.2, 0) is 0 Å². The highest BCUT2D eigenvalue weighted by Gasteiger charge is 2.43. The first kappa shape index (κ1) is 16.9. The van der Waals surface area contributed by atoms with E-state index in [2.05, 4.69) is 47.2 Å². The zero-order chi connectivity index (χ0) is 15.5. The molecule has 4 heteroatoms. The number of benzene rings is 1. The standard InChI is InChI=1S/C17H26BrFN2/c1-4-20-16(14-12-13(18)8-9-15(14)19)17(21(2)3)10-6-5-7-11-17/h8-9,12,16,20H,4-7,10-11H2,1-3H3. The van der Waals surface area contributed by atoms with Crippen molar-refractivity contribution in [2.75, 3.05) is 20.6 Å². The predicted molar refractivity (Wildman–Crippen MR) is 90.0 cm³/mol. The molecule has 2 rings (SSSR count). The lowest BCUT2D eigenvalue weighted by Gasteiger charge is -2.49. The second-order valence-corrected chi connectivity index (χ2v) is 7.13. The molecule has 1 N–H and O–H groups in total. The van der Waals surface area contributed by atoms with Gasteiger partial charge in [0.15, 0.2) is 0 Å². The van der Waals surface area contributed by atoms with Crippen molar-refractivity contribution in [2.24, 2.45) is 0 Å². The van der Waals surface area contributed by atoms with E-state index in [0.717, 1.165) is 29.4 Å². The molecule has 0 aliphatic heterocycles. The SMILES string of the molecule is CCNC(c1cc(Br)ccc1F)C1(N(C)C)CCCCC1. The number of hydrogen-bond donors (Lipinski definition) is 1. The summed E-state index contributed by atoms with van der Waals surface area (Å²) in [6, 6.07) is 5.29. The quantitative estimate of drug-likeness (QED) is 0.835. The van der Waals surface area contributed by atoms with Gasteiger partial charge in [-0.1, -0.05) is 42.1 Å². The van der Waals surface area contributed by atoms with Crippen LogP contribution >= 0.6 is 15.9 Å².